The molecule has 0 radical (unpaired) electrons. The number of hydrogen-bond acceptors (Lipinski definition) is 3. The third-order valence-corrected chi connectivity index (χ3v) is 5.31. The van der Waals surface area contributed by atoms with Crippen molar-refractivity contribution in [2.24, 2.45) is 0 Å². The molecule has 0 aliphatic rings. The van der Waals surface area contributed by atoms with Crippen molar-refractivity contribution in [3.8, 4) is 0 Å². The molecule has 3 aromatic carbocycles. The molecule has 0 aliphatic carbocycles. The fraction of sp³-hybridized carbons (Fsp3) is 0.269. The summed E-state index contributed by atoms with van der Waals surface area (Å²) in [6, 6.07) is 29.0. The number of anilines is 1. The molecule has 2 amide bonds. The molecule has 0 fully saturated rings. The quantitative estimate of drug-likeness (QED) is 0.441. The summed E-state index contributed by atoms with van der Waals surface area (Å²) in [5, 5.41) is 17.2. The second-order valence-electron chi connectivity index (χ2n) is 7.65. The van der Waals surface area contributed by atoms with Crippen LogP contribution in [0.4, 0.5) is 10.5 Å². The van der Waals surface area contributed by atoms with E-state index in [9.17, 15) is 9.90 Å². The number of carbonyl (C=O) groups excluding carboxylic acids is 1. The first kappa shape index (κ1) is 22.5. The first-order valence-corrected chi connectivity index (χ1v) is 10.7. The number of aliphatic hydroxyl groups is 1. The van der Waals surface area contributed by atoms with Crippen LogP contribution in [0.1, 0.15) is 11.1 Å². The van der Waals surface area contributed by atoms with Crippen LogP contribution >= 0.6 is 0 Å². The smallest absolute Gasteiger partial charge is 0.321 e. The summed E-state index contributed by atoms with van der Waals surface area (Å²) in [6.07, 6.45) is 0.723. The Hall–Kier alpha value is -3.15. The fourth-order valence-electron chi connectivity index (χ4n) is 3.45. The predicted octanol–water partition coefficient (Wildman–Crippen LogP) is 3.64. The molecule has 0 aliphatic heterocycles. The van der Waals surface area contributed by atoms with Gasteiger partial charge in [-0.2, -0.15) is 0 Å². The van der Waals surface area contributed by atoms with Crippen LogP contribution in [0.5, 0.6) is 0 Å². The van der Waals surface area contributed by atoms with E-state index in [2.05, 4.69) is 22.8 Å². The highest BCUT2D eigenvalue weighted by molar-refractivity contribution is 5.91. The summed E-state index contributed by atoms with van der Waals surface area (Å²) in [6.45, 7) is 1.16. The largest absolute Gasteiger partial charge is 0.390 e. The lowest BCUT2D eigenvalue weighted by atomic mass is 10.0. The third kappa shape index (κ3) is 7.24. The first-order chi connectivity index (χ1) is 15.1. The van der Waals surface area contributed by atoms with E-state index in [1.807, 2.05) is 78.9 Å². The van der Waals surface area contributed by atoms with E-state index in [0.717, 1.165) is 24.2 Å². The Kier molecular flexibility index (Phi) is 8.64. The highest BCUT2D eigenvalue weighted by Crippen LogP contribution is 2.12. The van der Waals surface area contributed by atoms with Gasteiger partial charge in [-0.1, -0.05) is 78.9 Å². The van der Waals surface area contributed by atoms with E-state index in [-0.39, 0.29) is 6.03 Å². The minimum atomic E-state index is -0.718. The zero-order valence-corrected chi connectivity index (χ0v) is 17.9. The van der Waals surface area contributed by atoms with Crippen LogP contribution in [0.25, 0.3) is 0 Å². The first-order valence-electron chi connectivity index (χ1n) is 10.7. The number of benzene rings is 3. The number of hydrogen-bond donors (Lipinski definition) is 3. The lowest BCUT2D eigenvalue weighted by molar-refractivity contribution is 0.128. The van der Waals surface area contributed by atoms with Gasteiger partial charge >= 0.3 is 6.03 Å². The number of carbonyl (C=O) groups is 1. The Bertz CT molecular complexity index is 904. The molecule has 0 saturated heterocycles. The van der Waals surface area contributed by atoms with Gasteiger partial charge in [-0.05, 0) is 42.6 Å². The molecule has 0 spiro atoms. The fourth-order valence-corrected chi connectivity index (χ4v) is 3.45. The number of nitrogens with one attached hydrogen (secondary N) is 2. The minimum Gasteiger partial charge on any atom is -0.390 e. The van der Waals surface area contributed by atoms with Crippen LogP contribution in [-0.2, 0) is 12.8 Å². The lowest BCUT2D eigenvalue weighted by Gasteiger charge is -2.27. The average Bonchev–Trinajstić information content (AvgIpc) is 2.82. The summed E-state index contributed by atoms with van der Waals surface area (Å²) >= 11 is 0. The standard InChI is InChI=1S/C26H31N3O2/c1-29(23-15-9-4-10-16-23)26(31)28-24(19-22-13-7-3-8-14-22)25(30)20-27-18-17-21-11-5-2-6-12-21/h2-16,24-25,27,30H,17-20H2,1H3,(H,28,31)/t24-,25+/m0/s1. The van der Waals surface area contributed by atoms with E-state index in [4.69, 9.17) is 0 Å². The molecule has 0 unspecified atom stereocenters. The van der Waals surface area contributed by atoms with Crippen molar-refractivity contribution in [3.05, 3.63) is 102 Å². The van der Waals surface area contributed by atoms with Gasteiger partial charge in [0.05, 0.1) is 12.1 Å². The second-order valence-corrected chi connectivity index (χ2v) is 7.65. The van der Waals surface area contributed by atoms with Gasteiger partial charge in [-0.3, -0.25) is 4.90 Å². The molecule has 31 heavy (non-hydrogen) atoms. The monoisotopic (exact) mass is 417 g/mol. The highest BCUT2D eigenvalue weighted by Gasteiger charge is 2.23. The zero-order chi connectivity index (χ0) is 21.9. The van der Waals surface area contributed by atoms with Crippen molar-refractivity contribution < 1.29 is 9.90 Å². The van der Waals surface area contributed by atoms with E-state index in [1.165, 1.54) is 5.56 Å². The molecule has 0 bridgehead atoms. The number of para-hydroxylation sites is 1. The number of urea groups is 1. The molecule has 3 rings (SSSR count). The van der Waals surface area contributed by atoms with Crippen LogP contribution in [-0.4, -0.2) is 43.4 Å². The summed E-state index contributed by atoms with van der Waals surface area (Å²) < 4.78 is 0. The normalized spacial score (nSPS) is 12.7. The summed E-state index contributed by atoms with van der Waals surface area (Å²) in [5.74, 6) is 0. The molecule has 0 saturated carbocycles. The molecule has 3 N–H and O–H groups in total. The van der Waals surface area contributed by atoms with Gasteiger partial charge in [0, 0.05) is 19.3 Å². The topological polar surface area (TPSA) is 64.6 Å². The van der Waals surface area contributed by atoms with E-state index < -0.39 is 12.1 Å². The molecule has 5 heteroatoms. The van der Waals surface area contributed by atoms with Crippen molar-refractivity contribution >= 4 is 11.7 Å². The van der Waals surface area contributed by atoms with Gasteiger partial charge in [0.15, 0.2) is 0 Å². The van der Waals surface area contributed by atoms with Crippen molar-refractivity contribution in [2.45, 2.75) is 25.0 Å². The van der Waals surface area contributed by atoms with Crippen LogP contribution < -0.4 is 15.5 Å². The minimum absolute atomic E-state index is 0.240. The highest BCUT2D eigenvalue weighted by atomic mass is 16.3. The van der Waals surface area contributed by atoms with Crippen molar-refractivity contribution in [1.29, 1.82) is 0 Å². The predicted molar refractivity (Wildman–Crippen MR) is 126 cm³/mol. The van der Waals surface area contributed by atoms with Crippen LogP contribution in [0.15, 0.2) is 91.0 Å². The van der Waals surface area contributed by atoms with Crippen molar-refractivity contribution in [3.63, 3.8) is 0 Å². The molecule has 0 heterocycles. The maximum atomic E-state index is 12.8. The number of rotatable bonds is 10. The Labute approximate surface area is 184 Å². The Morgan fingerprint density at radius 1 is 0.871 bits per heavy atom. The summed E-state index contributed by atoms with van der Waals surface area (Å²) in [7, 11) is 1.73. The van der Waals surface area contributed by atoms with Gasteiger partial charge < -0.3 is 15.7 Å². The second kappa shape index (κ2) is 11.9. The number of nitrogens with zero attached hydrogens (tertiary/aromatic N) is 1. The Morgan fingerprint density at radius 3 is 2.03 bits per heavy atom. The molecule has 5 nitrogen and oxygen atoms in total. The van der Waals surface area contributed by atoms with E-state index in [0.29, 0.717) is 13.0 Å². The molecule has 3 aromatic rings. The van der Waals surface area contributed by atoms with Crippen LogP contribution in [0, 0.1) is 0 Å². The van der Waals surface area contributed by atoms with Gasteiger partial charge in [0.2, 0.25) is 0 Å². The maximum Gasteiger partial charge on any atom is 0.321 e. The lowest BCUT2D eigenvalue weighted by Crippen LogP contribution is -2.52. The molecular formula is C26H31N3O2. The van der Waals surface area contributed by atoms with Gasteiger partial charge in [-0.25, -0.2) is 4.79 Å². The Morgan fingerprint density at radius 2 is 1.42 bits per heavy atom. The third-order valence-electron chi connectivity index (χ3n) is 5.31. The van der Waals surface area contributed by atoms with Crippen LogP contribution in [0.2, 0.25) is 0 Å². The molecular weight excluding hydrogens is 386 g/mol. The maximum absolute atomic E-state index is 12.8. The summed E-state index contributed by atoms with van der Waals surface area (Å²) in [4.78, 5) is 14.4. The van der Waals surface area contributed by atoms with Gasteiger partial charge in [-0.15, -0.1) is 0 Å². The van der Waals surface area contributed by atoms with Gasteiger partial charge in [0.25, 0.3) is 0 Å². The van der Waals surface area contributed by atoms with Crippen molar-refractivity contribution in [1.82, 2.24) is 10.6 Å². The molecule has 162 valence electrons. The summed E-state index contributed by atoms with van der Waals surface area (Å²) in [5.41, 5.74) is 3.12. The SMILES string of the molecule is CN(C(=O)N[C@@H](Cc1ccccc1)[C@H](O)CNCCc1ccccc1)c1ccccc1. The Balaban J connectivity index is 1.59. The zero-order valence-electron chi connectivity index (χ0n) is 17.9. The van der Waals surface area contributed by atoms with Gasteiger partial charge in [0.1, 0.15) is 0 Å². The molecule has 2 atom stereocenters. The van der Waals surface area contributed by atoms with Crippen LogP contribution in [0.3, 0.4) is 0 Å². The van der Waals surface area contributed by atoms with E-state index >= 15 is 0 Å². The average molecular weight is 418 g/mol. The van der Waals surface area contributed by atoms with E-state index in [1.54, 1.807) is 11.9 Å². The number of aliphatic hydroxyl groups excluding tert-OH is 1. The van der Waals surface area contributed by atoms with Crippen molar-refractivity contribution in [2.75, 3.05) is 25.0 Å². The number of amides is 2. The molecule has 0 aromatic heterocycles.